The SMILES string of the molecule is S.[2H]C([2H])(C)Oc1cc([C@H](N2C(=O)c3cccc(NC(C)=O)c3C2=O)C([2H])([2H])S(C)(=O)=O)ccc1OC. The van der Waals surface area contributed by atoms with Gasteiger partial charge in [-0.25, -0.2) is 8.42 Å². The molecule has 1 N–H and O–H groups in total. The molecule has 2 aromatic carbocycles. The number of methoxy groups -OCH3 is 1. The molecular weight excluding hydrogens is 468 g/mol. The molecule has 1 aliphatic rings. The minimum Gasteiger partial charge on any atom is -0.493 e. The fraction of sp³-hybridized carbons (Fsp3) is 0.318. The number of fused-ring (bicyclic) bond motifs is 1. The zero-order valence-corrected chi connectivity index (χ0v) is 20.1. The highest BCUT2D eigenvalue weighted by Crippen LogP contribution is 2.38. The molecule has 0 aliphatic carbocycles. The number of benzene rings is 2. The number of rotatable bonds is 8. The molecule has 33 heavy (non-hydrogen) atoms. The summed E-state index contributed by atoms with van der Waals surface area (Å²) in [5.74, 6) is -2.65. The van der Waals surface area contributed by atoms with Crippen LogP contribution in [-0.4, -0.2) is 56.7 Å². The van der Waals surface area contributed by atoms with Crippen LogP contribution in [0.3, 0.4) is 0 Å². The normalized spacial score (nSPS) is 16.4. The Bertz CT molecular complexity index is 1360. The molecule has 0 spiro atoms. The number of sulfone groups is 1. The summed E-state index contributed by atoms with van der Waals surface area (Å²) in [5, 5.41) is 2.45. The Hall–Kier alpha value is -3.05. The number of nitrogens with one attached hydrogen (secondary N) is 1. The molecule has 3 rings (SSSR count). The van der Waals surface area contributed by atoms with Crippen molar-refractivity contribution in [3.8, 4) is 11.5 Å². The number of imide groups is 1. The topological polar surface area (TPSA) is 119 Å². The van der Waals surface area contributed by atoms with Crippen molar-refractivity contribution in [3.05, 3.63) is 53.1 Å². The van der Waals surface area contributed by atoms with Gasteiger partial charge in [0, 0.05) is 15.9 Å². The Labute approximate surface area is 205 Å². The van der Waals surface area contributed by atoms with Crippen LogP contribution in [0.5, 0.6) is 11.5 Å². The highest BCUT2D eigenvalue weighted by molar-refractivity contribution is 7.90. The van der Waals surface area contributed by atoms with E-state index in [0.29, 0.717) is 11.2 Å². The monoisotopic (exact) mass is 498 g/mol. The van der Waals surface area contributed by atoms with Gasteiger partial charge in [0.1, 0.15) is 9.84 Å². The van der Waals surface area contributed by atoms with Crippen LogP contribution in [0.15, 0.2) is 36.4 Å². The summed E-state index contributed by atoms with van der Waals surface area (Å²) in [6.45, 7) is 0.120. The third-order valence-corrected chi connectivity index (χ3v) is 5.21. The number of ether oxygens (including phenoxy) is 2. The van der Waals surface area contributed by atoms with E-state index in [2.05, 4.69) is 5.32 Å². The zero-order chi connectivity index (χ0) is 27.2. The number of carbonyl (C=O) groups excluding carboxylic acids is 3. The lowest BCUT2D eigenvalue weighted by Gasteiger charge is -2.27. The molecule has 1 aliphatic heterocycles. The molecule has 178 valence electrons. The first-order valence-corrected chi connectivity index (χ1v) is 11.2. The van der Waals surface area contributed by atoms with Gasteiger partial charge in [-0.1, -0.05) is 12.1 Å². The lowest BCUT2D eigenvalue weighted by molar-refractivity contribution is -0.114. The third-order valence-electron chi connectivity index (χ3n) is 4.56. The van der Waals surface area contributed by atoms with Gasteiger partial charge in [0.15, 0.2) is 11.5 Å². The number of carbonyl (C=O) groups is 3. The van der Waals surface area contributed by atoms with Crippen LogP contribution in [0, 0.1) is 0 Å². The van der Waals surface area contributed by atoms with Crippen molar-refractivity contribution in [2.75, 3.05) is 30.9 Å². The number of nitrogens with zero attached hydrogens (tertiary/aromatic N) is 1. The molecule has 0 fully saturated rings. The van der Waals surface area contributed by atoms with Crippen molar-refractivity contribution >= 4 is 46.7 Å². The van der Waals surface area contributed by atoms with E-state index in [1.54, 1.807) is 0 Å². The summed E-state index contributed by atoms with van der Waals surface area (Å²) in [7, 11) is -3.26. The predicted molar refractivity (Wildman–Crippen MR) is 128 cm³/mol. The highest BCUT2D eigenvalue weighted by Gasteiger charge is 2.43. The van der Waals surface area contributed by atoms with E-state index in [1.807, 2.05) is 0 Å². The van der Waals surface area contributed by atoms with Gasteiger partial charge in [-0.15, -0.1) is 0 Å². The summed E-state index contributed by atoms with van der Waals surface area (Å²) in [6, 6.07) is 5.76. The van der Waals surface area contributed by atoms with E-state index in [-0.39, 0.29) is 47.4 Å². The maximum atomic E-state index is 13.5. The minimum atomic E-state index is -4.54. The molecule has 0 saturated heterocycles. The Morgan fingerprint density at radius 1 is 1.18 bits per heavy atom. The van der Waals surface area contributed by atoms with E-state index in [1.165, 1.54) is 44.4 Å². The summed E-state index contributed by atoms with van der Waals surface area (Å²) in [6.07, 6.45) is 0.631. The van der Waals surface area contributed by atoms with Gasteiger partial charge in [0.25, 0.3) is 11.8 Å². The van der Waals surface area contributed by atoms with Crippen LogP contribution < -0.4 is 14.8 Å². The standard InChI is InChI=1S/C22H24N2O7S.H2S/c1-5-31-19-11-14(9-10-18(19)30-3)17(12-32(4,28)29)24-21(26)15-7-6-8-16(23-13(2)25)20(15)22(24)27;/h6-11,17H,5,12H2,1-4H3,(H,23,25);1H2/t17-;/m1./s1/i5D2,12D2;. The first-order chi connectivity index (χ1) is 16.5. The second-order valence-electron chi connectivity index (χ2n) is 6.90. The number of anilines is 1. The maximum absolute atomic E-state index is 13.5. The first kappa shape index (κ1) is 20.5. The largest absolute Gasteiger partial charge is 0.493 e. The number of hydrogen-bond acceptors (Lipinski definition) is 7. The van der Waals surface area contributed by atoms with Gasteiger partial charge in [-0.05, 0) is 36.8 Å². The van der Waals surface area contributed by atoms with E-state index in [9.17, 15) is 22.8 Å². The van der Waals surface area contributed by atoms with Crippen molar-refractivity contribution in [1.29, 1.82) is 0 Å². The summed E-state index contributed by atoms with van der Waals surface area (Å²) in [4.78, 5) is 39.0. The van der Waals surface area contributed by atoms with Crippen molar-refractivity contribution in [1.82, 2.24) is 4.90 Å². The van der Waals surface area contributed by atoms with Gasteiger partial charge in [0.05, 0.1) is 45.0 Å². The minimum absolute atomic E-state index is 0. The van der Waals surface area contributed by atoms with Crippen molar-refractivity contribution in [2.45, 2.75) is 19.9 Å². The van der Waals surface area contributed by atoms with Gasteiger partial charge in [0.2, 0.25) is 5.91 Å². The molecule has 11 heteroatoms. The molecule has 0 unspecified atom stereocenters. The molecule has 2 aromatic rings. The lowest BCUT2D eigenvalue weighted by Crippen LogP contribution is -2.37. The number of hydrogen-bond donors (Lipinski definition) is 1. The molecule has 0 radical (unpaired) electrons. The summed E-state index contributed by atoms with van der Waals surface area (Å²) < 4.78 is 67.9. The van der Waals surface area contributed by atoms with Crippen LogP contribution in [0.2, 0.25) is 0 Å². The maximum Gasteiger partial charge on any atom is 0.264 e. The van der Waals surface area contributed by atoms with Crippen LogP contribution in [0.25, 0.3) is 0 Å². The Morgan fingerprint density at radius 2 is 1.88 bits per heavy atom. The van der Waals surface area contributed by atoms with E-state index >= 15 is 0 Å². The second-order valence-corrected chi connectivity index (χ2v) is 8.68. The predicted octanol–water partition coefficient (Wildman–Crippen LogP) is 2.55. The van der Waals surface area contributed by atoms with E-state index in [4.69, 9.17) is 15.0 Å². The quantitative estimate of drug-likeness (QED) is 0.556. The van der Waals surface area contributed by atoms with Gasteiger partial charge in [-0.2, -0.15) is 13.5 Å². The fourth-order valence-corrected chi connectivity index (χ4v) is 4.00. The molecular formula is C22H26N2O7S2. The molecule has 0 aromatic heterocycles. The third kappa shape index (κ3) is 5.48. The second kappa shape index (κ2) is 10.3. The average Bonchev–Trinajstić information content (AvgIpc) is 2.97. The van der Waals surface area contributed by atoms with Crippen molar-refractivity contribution in [2.24, 2.45) is 0 Å². The molecule has 0 bridgehead atoms. The van der Waals surface area contributed by atoms with Gasteiger partial charge < -0.3 is 14.8 Å². The van der Waals surface area contributed by atoms with Crippen LogP contribution >= 0.6 is 13.5 Å². The molecule has 9 nitrogen and oxygen atoms in total. The molecule has 0 saturated carbocycles. The van der Waals surface area contributed by atoms with E-state index in [0.717, 1.165) is 13.0 Å². The Balaban J connectivity index is 0.00000481. The lowest BCUT2D eigenvalue weighted by atomic mass is 10.1. The van der Waals surface area contributed by atoms with Crippen LogP contribution in [0.1, 0.15) is 51.7 Å². The van der Waals surface area contributed by atoms with Crippen molar-refractivity contribution < 1.29 is 37.8 Å². The zero-order valence-electron chi connectivity index (χ0n) is 22.3. The fourth-order valence-electron chi connectivity index (χ4n) is 3.36. The van der Waals surface area contributed by atoms with E-state index < -0.39 is 45.9 Å². The summed E-state index contributed by atoms with van der Waals surface area (Å²) >= 11 is 0. The smallest absolute Gasteiger partial charge is 0.264 e. The summed E-state index contributed by atoms with van der Waals surface area (Å²) in [5.41, 5.74) is -3.68. The Morgan fingerprint density at radius 3 is 2.45 bits per heavy atom. The molecule has 1 atom stereocenters. The van der Waals surface area contributed by atoms with Gasteiger partial charge in [-0.3, -0.25) is 19.3 Å². The molecule has 1 heterocycles. The van der Waals surface area contributed by atoms with Crippen LogP contribution in [-0.2, 0) is 14.6 Å². The van der Waals surface area contributed by atoms with Gasteiger partial charge >= 0.3 is 0 Å². The number of amides is 3. The first-order valence-electron chi connectivity index (χ1n) is 11.3. The average molecular weight is 499 g/mol. The van der Waals surface area contributed by atoms with Crippen LogP contribution in [0.4, 0.5) is 5.69 Å². The highest BCUT2D eigenvalue weighted by atomic mass is 32.2. The Kier molecular flexibility index (Phi) is 6.39. The van der Waals surface area contributed by atoms with Crippen molar-refractivity contribution in [3.63, 3.8) is 0 Å². The molecule has 3 amide bonds.